The maximum Gasteiger partial charge on any atom is 0 e. The molecule has 0 amide bonds. The van der Waals surface area contributed by atoms with Crippen LogP contribution in [-0.4, -0.2) is 0 Å². The molecular weight excluding hydrogens is 302 g/mol. The molecule has 0 aliphatic rings. The van der Waals surface area contributed by atoms with Crippen LogP contribution in [-0.2, 0) is 17.1 Å². The monoisotopic (exact) mass is 317 g/mol. The van der Waals surface area contributed by atoms with Crippen LogP contribution in [0.2, 0.25) is 0 Å². The predicted octanol–water partition coefficient (Wildman–Crippen LogP) is 3.44. The molecule has 99 valence electrons. The van der Waals surface area contributed by atoms with Gasteiger partial charge in [0.05, 0.1) is 0 Å². The van der Waals surface area contributed by atoms with Gasteiger partial charge in [-0.2, -0.15) is 0 Å². The molecule has 0 N–H and O–H groups in total. The Hall–Kier alpha value is -1.39. The Balaban J connectivity index is 0.00000147. The van der Waals surface area contributed by atoms with Crippen LogP contribution in [0.1, 0.15) is 0 Å². The number of rotatable bonds is 3. The van der Waals surface area contributed by atoms with Crippen LogP contribution in [0.5, 0.6) is 0 Å². The Morgan fingerprint density at radius 2 is 0.650 bits per heavy atom. The zero-order valence-corrected chi connectivity index (χ0v) is 13.1. The number of benzene rings is 3. The summed E-state index contributed by atoms with van der Waals surface area (Å²) in [5.74, 6) is 0. The topological polar surface area (TPSA) is 0 Å². The first-order valence-corrected chi connectivity index (χ1v) is 7.74. The van der Waals surface area contributed by atoms with Gasteiger partial charge in [-0.3, -0.25) is 0 Å². The van der Waals surface area contributed by atoms with E-state index < -0.39 is 7.92 Å². The number of hydrogen-bond donors (Lipinski definition) is 0. The molecule has 0 heterocycles. The Labute approximate surface area is 132 Å². The molecule has 0 fully saturated rings. The van der Waals surface area contributed by atoms with Crippen molar-refractivity contribution < 1.29 is 17.1 Å². The van der Waals surface area contributed by atoms with Crippen molar-refractivity contribution >= 4 is 23.8 Å². The van der Waals surface area contributed by atoms with E-state index in [-0.39, 0.29) is 17.1 Å². The van der Waals surface area contributed by atoms with Gasteiger partial charge < -0.3 is 0 Å². The Bertz CT molecular complexity index is 529. The smallest absolute Gasteiger partial charge is 0 e. The Kier molecular flexibility index (Phi) is 5.56. The molecule has 0 aliphatic carbocycles. The van der Waals surface area contributed by atoms with E-state index >= 15 is 0 Å². The fraction of sp³-hybridized carbons (Fsp3) is 0. The van der Waals surface area contributed by atoms with E-state index in [2.05, 4.69) is 91.0 Å². The van der Waals surface area contributed by atoms with Crippen molar-refractivity contribution in [1.82, 2.24) is 0 Å². The van der Waals surface area contributed by atoms with Crippen LogP contribution in [0.25, 0.3) is 0 Å². The first kappa shape index (κ1) is 15.0. The summed E-state index contributed by atoms with van der Waals surface area (Å²) in [7, 11) is -0.446. The molecule has 0 aromatic heterocycles. The molecule has 0 aliphatic heterocycles. The van der Waals surface area contributed by atoms with E-state index in [0.29, 0.717) is 0 Å². The molecular formula is C18H15MnP. The fourth-order valence-corrected chi connectivity index (χ4v) is 4.48. The van der Waals surface area contributed by atoms with Gasteiger partial charge in [0.15, 0.2) is 0 Å². The summed E-state index contributed by atoms with van der Waals surface area (Å²) in [6.07, 6.45) is 0. The summed E-state index contributed by atoms with van der Waals surface area (Å²) in [4.78, 5) is 0. The van der Waals surface area contributed by atoms with Gasteiger partial charge in [0.1, 0.15) is 0 Å². The quantitative estimate of drug-likeness (QED) is 0.513. The van der Waals surface area contributed by atoms with Crippen LogP contribution in [0.15, 0.2) is 91.0 Å². The molecule has 0 saturated heterocycles. The van der Waals surface area contributed by atoms with Crippen LogP contribution in [0, 0.1) is 0 Å². The molecule has 20 heavy (non-hydrogen) atoms. The summed E-state index contributed by atoms with van der Waals surface area (Å²) >= 11 is 0. The zero-order valence-electron chi connectivity index (χ0n) is 11.0. The minimum absolute atomic E-state index is 0. The molecule has 2 heteroatoms. The molecule has 0 saturated carbocycles. The van der Waals surface area contributed by atoms with Crippen LogP contribution in [0.3, 0.4) is 0 Å². The van der Waals surface area contributed by atoms with E-state index in [4.69, 9.17) is 0 Å². The summed E-state index contributed by atoms with van der Waals surface area (Å²) in [5.41, 5.74) is 0. The van der Waals surface area contributed by atoms with E-state index in [1.807, 2.05) is 0 Å². The van der Waals surface area contributed by atoms with E-state index in [1.54, 1.807) is 0 Å². The normalized spacial score (nSPS) is 10.1. The Morgan fingerprint density at radius 3 is 0.900 bits per heavy atom. The van der Waals surface area contributed by atoms with Gasteiger partial charge in [-0.25, -0.2) is 0 Å². The van der Waals surface area contributed by atoms with Crippen molar-refractivity contribution in [3.05, 3.63) is 91.0 Å². The van der Waals surface area contributed by atoms with Gasteiger partial charge in [0, 0.05) is 17.1 Å². The summed E-state index contributed by atoms with van der Waals surface area (Å²) < 4.78 is 0. The van der Waals surface area contributed by atoms with Crippen molar-refractivity contribution in [2.75, 3.05) is 0 Å². The second-order valence-electron chi connectivity index (χ2n) is 4.34. The molecule has 3 aromatic rings. The van der Waals surface area contributed by atoms with Gasteiger partial charge in [-0.1, -0.05) is 91.0 Å². The van der Waals surface area contributed by atoms with E-state index in [9.17, 15) is 0 Å². The molecule has 0 spiro atoms. The number of hydrogen-bond acceptors (Lipinski definition) is 0. The first-order valence-electron chi connectivity index (χ1n) is 6.40. The van der Waals surface area contributed by atoms with Crippen molar-refractivity contribution in [1.29, 1.82) is 0 Å². The average molecular weight is 317 g/mol. The van der Waals surface area contributed by atoms with Crippen molar-refractivity contribution in [3.63, 3.8) is 0 Å². The van der Waals surface area contributed by atoms with Crippen LogP contribution >= 0.6 is 7.92 Å². The van der Waals surface area contributed by atoms with Gasteiger partial charge in [-0.05, 0) is 23.8 Å². The third-order valence-corrected chi connectivity index (χ3v) is 5.49. The maximum atomic E-state index is 2.23. The van der Waals surface area contributed by atoms with E-state index in [1.165, 1.54) is 15.9 Å². The summed E-state index contributed by atoms with van der Waals surface area (Å²) in [5, 5.41) is 4.19. The van der Waals surface area contributed by atoms with Crippen LogP contribution < -0.4 is 15.9 Å². The van der Waals surface area contributed by atoms with Gasteiger partial charge >= 0.3 is 0 Å². The SMILES string of the molecule is [Mn].c1ccc(P(c2ccccc2)c2ccccc2)cc1. The van der Waals surface area contributed by atoms with Crippen molar-refractivity contribution in [2.24, 2.45) is 0 Å². The summed E-state index contributed by atoms with van der Waals surface area (Å²) in [6, 6.07) is 32.3. The fourth-order valence-electron chi connectivity index (χ4n) is 2.18. The van der Waals surface area contributed by atoms with Gasteiger partial charge in [0.2, 0.25) is 0 Å². The molecule has 0 nitrogen and oxygen atoms in total. The largest absolute Gasteiger partial charge is 0.0622 e. The second kappa shape index (κ2) is 7.41. The Morgan fingerprint density at radius 1 is 0.400 bits per heavy atom. The van der Waals surface area contributed by atoms with Crippen molar-refractivity contribution in [3.8, 4) is 0 Å². The van der Waals surface area contributed by atoms with Crippen molar-refractivity contribution in [2.45, 2.75) is 0 Å². The molecule has 0 unspecified atom stereocenters. The standard InChI is InChI=1S/C18H15P.Mn/c1-4-10-16(11-5-1)19(17-12-6-2-7-13-17)18-14-8-3-9-15-18;/h1-15H;. The third-order valence-electron chi connectivity index (χ3n) is 3.04. The maximum absolute atomic E-state index is 2.23. The molecule has 3 rings (SSSR count). The van der Waals surface area contributed by atoms with Gasteiger partial charge in [0.25, 0.3) is 0 Å². The first-order chi connectivity index (χ1) is 9.45. The van der Waals surface area contributed by atoms with Gasteiger partial charge in [-0.15, -0.1) is 0 Å². The zero-order chi connectivity index (χ0) is 12.9. The molecule has 0 bridgehead atoms. The molecule has 1 radical (unpaired) electrons. The predicted molar refractivity (Wildman–Crippen MR) is 85.1 cm³/mol. The molecule has 0 atom stereocenters. The minimum Gasteiger partial charge on any atom is -0.0622 e. The summed E-state index contributed by atoms with van der Waals surface area (Å²) in [6.45, 7) is 0. The third kappa shape index (κ3) is 3.38. The minimum atomic E-state index is -0.446. The average Bonchev–Trinajstić information content (AvgIpc) is 2.51. The van der Waals surface area contributed by atoms with Crippen LogP contribution in [0.4, 0.5) is 0 Å². The second-order valence-corrected chi connectivity index (χ2v) is 6.56. The molecule has 3 aromatic carbocycles. The van der Waals surface area contributed by atoms with E-state index in [0.717, 1.165) is 0 Å².